The van der Waals surface area contributed by atoms with Crippen molar-refractivity contribution in [1.29, 1.82) is 0 Å². The minimum atomic E-state index is -0.874. The number of esters is 1. The highest BCUT2D eigenvalue weighted by Gasteiger charge is 2.24. The molecule has 0 radical (unpaired) electrons. The van der Waals surface area contributed by atoms with Gasteiger partial charge in [0.1, 0.15) is 17.8 Å². The van der Waals surface area contributed by atoms with Crippen LogP contribution in [0.15, 0.2) is 24.5 Å². The van der Waals surface area contributed by atoms with E-state index in [2.05, 4.69) is 10.5 Å². The Morgan fingerprint density at radius 1 is 1.21 bits per heavy atom. The standard InChI is InChI=1S/C17H26N2O5/c1-16(2,3)23-15(21)19-24-17(4,5)12-22-14(20)9-8-13-7-6-10-18-11-13/h6-7,10-11H,8-9,12H2,1-5H3,(H,19,21). The van der Waals surface area contributed by atoms with Gasteiger partial charge in [-0.15, -0.1) is 0 Å². The summed E-state index contributed by atoms with van der Waals surface area (Å²) in [7, 11) is 0. The molecule has 1 heterocycles. The maximum Gasteiger partial charge on any atom is 0.431 e. The van der Waals surface area contributed by atoms with E-state index >= 15 is 0 Å². The summed E-state index contributed by atoms with van der Waals surface area (Å²) in [4.78, 5) is 32.5. The maximum atomic E-state index is 11.8. The molecule has 0 saturated heterocycles. The summed E-state index contributed by atoms with van der Waals surface area (Å²) in [5.41, 5.74) is 1.68. The lowest BCUT2D eigenvalue weighted by molar-refractivity contribution is -0.159. The highest BCUT2D eigenvalue weighted by atomic mass is 16.7. The van der Waals surface area contributed by atoms with Crippen LogP contribution >= 0.6 is 0 Å². The van der Waals surface area contributed by atoms with Gasteiger partial charge in [0.2, 0.25) is 0 Å². The highest BCUT2D eigenvalue weighted by Crippen LogP contribution is 2.11. The second-order valence-corrected chi connectivity index (χ2v) is 6.99. The number of carbonyl (C=O) groups excluding carboxylic acids is 2. The van der Waals surface area contributed by atoms with Crippen molar-refractivity contribution in [3.05, 3.63) is 30.1 Å². The van der Waals surface area contributed by atoms with Crippen molar-refractivity contribution in [2.75, 3.05) is 6.61 Å². The Balaban J connectivity index is 2.28. The van der Waals surface area contributed by atoms with Crippen LogP contribution in [0.25, 0.3) is 0 Å². The Labute approximate surface area is 142 Å². The summed E-state index contributed by atoms with van der Waals surface area (Å²) in [6.45, 7) is 8.65. The molecule has 0 bridgehead atoms. The van der Waals surface area contributed by atoms with E-state index in [1.165, 1.54) is 0 Å². The number of nitrogens with zero attached hydrogens (tertiary/aromatic N) is 1. The van der Waals surface area contributed by atoms with E-state index in [-0.39, 0.29) is 19.0 Å². The number of aryl methyl sites for hydroxylation is 1. The Bertz CT molecular complexity index is 538. The smallest absolute Gasteiger partial charge is 0.431 e. The number of ether oxygens (including phenoxy) is 2. The molecule has 24 heavy (non-hydrogen) atoms. The van der Waals surface area contributed by atoms with Gasteiger partial charge in [-0.1, -0.05) is 6.07 Å². The Hall–Kier alpha value is -2.15. The molecule has 0 spiro atoms. The third-order valence-electron chi connectivity index (χ3n) is 2.73. The lowest BCUT2D eigenvalue weighted by Crippen LogP contribution is -2.41. The van der Waals surface area contributed by atoms with Crippen molar-refractivity contribution >= 4 is 12.1 Å². The van der Waals surface area contributed by atoms with Gasteiger partial charge in [0.25, 0.3) is 0 Å². The Morgan fingerprint density at radius 2 is 1.92 bits per heavy atom. The summed E-state index contributed by atoms with van der Waals surface area (Å²) in [5.74, 6) is -0.340. The lowest BCUT2D eigenvalue weighted by Gasteiger charge is -2.25. The van der Waals surface area contributed by atoms with Crippen LogP contribution in [-0.4, -0.2) is 34.9 Å². The molecule has 7 heteroatoms. The van der Waals surface area contributed by atoms with Crippen molar-refractivity contribution in [3.63, 3.8) is 0 Å². The zero-order chi connectivity index (χ0) is 18.2. The summed E-state index contributed by atoms with van der Waals surface area (Å²) in [6, 6.07) is 3.72. The summed E-state index contributed by atoms with van der Waals surface area (Å²) < 4.78 is 10.2. The number of hydroxylamine groups is 1. The average Bonchev–Trinajstić information content (AvgIpc) is 2.49. The number of aromatic nitrogens is 1. The molecule has 0 aliphatic carbocycles. The van der Waals surface area contributed by atoms with Crippen molar-refractivity contribution in [3.8, 4) is 0 Å². The predicted molar refractivity (Wildman–Crippen MR) is 88.1 cm³/mol. The number of rotatable bonds is 7. The molecular weight excluding hydrogens is 312 g/mol. The van der Waals surface area contributed by atoms with Crippen molar-refractivity contribution in [1.82, 2.24) is 10.5 Å². The van der Waals surface area contributed by atoms with Crippen molar-refractivity contribution < 1.29 is 23.9 Å². The molecule has 0 saturated carbocycles. The van der Waals surface area contributed by atoms with Gasteiger partial charge in [0.15, 0.2) is 0 Å². The molecule has 0 unspecified atom stereocenters. The zero-order valence-corrected chi connectivity index (χ0v) is 14.9. The first kappa shape index (κ1) is 19.9. The summed E-state index contributed by atoms with van der Waals surface area (Å²) in [6.07, 6.45) is 3.51. The van der Waals surface area contributed by atoms with E-state index in [1.807, 2.05) is 12.1 Å². The van der Waals surface area contributed by atoms with E-state index in [4.69, 9.17) is 14.3 Å². The maximum absolute atomic E-state index is 11.8. The van der Waals surface area contributed by atoms with Crippen LogP contribution in [-0.2, 0) is 25.5 Å². The minimum absolute atomic E-state index is 0.00860. The van der Waals surface area contributed by atoms with E-state index in [1.54, 1.807) is 47.0 Å². The van der Waals surface area contributed by atoms with E-state index in [0.717, 1.165) is 5.56 Å². The molecule has 7 nitrogen and oxygen atoms in total. The topological polar surface area (TPSA) is 86.8 Å². The third kappa shape index (κ3) is 9.09. The molecule has 1 rings (SSSR count). The zero-order valence-electron chi connectivity index (χ0n) is 14.9. The molecule has 0 aliphatic heterocycles. The van der Waals surface area contributed by atoms with E-state index in [9.17, 15) is 9.59 Å². The Kier molecular flexibility index (Phi) is 7.16. The van der Waals surface area contributed by atoms with Gasteiger partial charge in [-0.25, -0.2) is 4.79 Å². The van der Waals surface area contributed by atoms with Crippen LogP contribution < -0.4 is 5.48 Å². The van der Waals surface area contributed by atoms with Crippen LogP contribution in [0.2, 0.25) is 0 Å². The van der Waals surface area contributed by atoms with Crippen LogP contribution in [0, 0.1) is 0 Å². The molecular formula is C17H26N2O5. The molecule has 0 aliphatic rings. The first-order valence-electron chi connectivity index (χ1n) is 7.79. The predicted octanol–water partition coefficient (Wildman–Crippen LogP) is 2.79. The van der Waals surface area contributed by atoms with E-state index in [0.29, 0.717) is 6.42 Å². The van der Waals surface area contributed by atoms with Gasteiger partial charge >= 0.3 is 12.1 Å². The fourth-order valence-corrected chi connectivity index (χ4v) is 1.63. The molecule has 0 aromatic carbocycles. The number of amides is 1. The second kappa shape index (κ2) is 8.63. The molecule has 1 aromatic heterocycles. The summed E-state index contributed by atoms with van der Waals surface area (Å²) >= 11 is 0. The quantitative estimate of drug-likeness (QED) is 0.608. The lowest BCUT2D eigenvalue weighted by atomic mass is 10.1. The molecule has 1 N–H and O–H groups in total. The number of nitrogens with one attached hydrogen (secondary N) is 1. The molecule has 0 atom stereocenters. The fraction of sp³-hybridized carbons (Fsp3) is 0.588. The monoisotopic (exact) mass is 338 g/mol. The normalized spacial score (nSPS) is 11.7. The first-order chi connectivity index (χ1) is 11.1. The number of pyridine rings is 1. The largest absolute Gasteiger partial charge is 0.463 e. The van der Waals surface area contributed by atoms with Gasteiger partial charge in [-0.3, -0.25) is 14.6 Å². The molecule has 1 aromatic rings. The first-order valence-corrected chi connectivity index (χ1v) is 7.79. The second-order valence-electron chi connectivity index (χ2n) is 6.99. The molecule has 0 fully saturated rings. The molecule has 134 valence electrons. The average molecular weight is 338 g/mol. The third-order valence-corrected chi connectivity index (χ3v) is 2.73. The Morgan fingerprint density at radius 3 is 2.50 bits per heavy atom. The molecule has 1 amide bonds. The SMILES string of the molecule is CC(C)(C)OC(=O)NOC(C)(C)COC(=O)CCc1cccnc1. The van der Waals surface area contributed by atoms with Crippen molar-refractivity contribution in [2.45, 2.75) is 58.7 Å². The van der Waals surface area contributed by atoms with Crippen LogP contribution in [0.5, 0.6) is 0 Å². The summed E-state index contributed by atoms with van der Waals surface area (Å²) in [5, 5.41) is 0. The number of carbonyl (C=O) groups is 2. The van der Waals surface area contributed by atoms with Crippen LogP contribution in [0.4, 0.5) is 4.79 Å². The fourth-order valence-electron chi connectivity index (χ4n) is 1.63. The van der Waals surface area contributed by atoms with Crippen LogP contribution in [0.1, 0.15) is 46.6 Å². The van der Waals surface area contributed by atoms with E-state index < -0.39 is 17.3 Å². The number of hydrogen-bond acceptors (Lipinski definition) is 6. The van der Waals surface area contributed by atoms with Crippen LogP contribution in [0.3, 0.4) is 0 Å². The highest BCUT2D eigenvalue weighted by molar-refractivity contribution is 5.69. The van der Waals surface area contributed by atoms with Crippen molar-refractivity contribution in [2.24, 2.45) is 0 Å². The van der Waals surface area contributed by atoms with Gasteiger partial charge < -0.3 is 9.47 Å². The van der Waals surface area contributed by atoms with Gasteiger partial charge in [0, 0.05) is 18.8 Å². The number of hydrogen-bond donors (Lipinski definition) is 1. The van der Waals surface area contributed by atoms with Gasteiger partial charge in [-0.2, -0.15) is 5.48 Å². The van der Waals surface area contributed by atoms with Gasteiger partial charge in [-0.05, 0) is 52.7 Å². The van der Waals surface area contributed by atoms with Gasteiger partial charge in [0.05, 0.1) is 0 Å². The minimum Gasteiger partial charge on any atom is -0.463 e.